The van der Waals surface area contributed by atoms with E-state index in [0.29, 0.717) is 5.56 Å². The maximum absolute atomic E-state index is 11.0. The van der Waals surface area contributed by atoms with Gasteiger partial charge >= 0.3 is 0 Å². The van der Waals surface area contributed by atoms with Crippen LogP contribution in [0.5, 0.6) is 0 Å². The molecule has 0 aliphatic carbocycles. The lowest BCUT2D eigenvalue weighted by Crippen LogP contribution is -2.11. The number of allylic oxidation sites excluding steroid dienone is 1. The van der Waals surface area contributed by atoms with E-state index < -0.39 is 10.8 Å². The molecule has 0 aromatic heterocycles. The zero-order chi connectivity index (χ0) is 12.1. The van der Waals surface area contributed by atoms with Crippen LogP contribution in [-0.4, -0.2) is 16.7 Å². The number of hydrogen-bond donors (Lipinski definition) is 1. The number of nitrogens with zero attached hydrogens (tertiary/aromatic N) is 1. The molecule has 1 aromatic carbocycles. The van der Waals surface area contributed by atoms with Gasteiger partial charge in [0.15, 0.2) is 0 Å². The summed E-state index contributed by atoms with van der Waals surface area (Å²) >= 11 is 5.44. The highest BCUT2D eigenvalue weighted by Gasteiger charge is 2.11. The average Bonchev–Trinajstić information content (AvgIpc) is 2.25. The number of nitro benzene ring substituents is 1. The Kier molecular flexibility index (Phi) is 4.02. The minimum Gasteiger partial charge on any atom is -0.366 e. The fourth-order valence-corrected chi connectivity index (χ4v) is 1.25. The van der Waals surface area contributed by atoms with Gasteiger partial charge in [0.05, 0.1) is 4.92 Å². The quantitative estimate of drug-likeness (QED) is 0.496. The molecule has 1 aromatic rings. The summed E-state index contributed by atoms with van der Waals surface area (Å²) in [6.07, 6.45) is 3.21. The van der Waals surface area contributed by atoms with Gasteiger partial charge in [-0.1, -0.05) is 12.2 Å². The molecule has 0 saturated carbocycles. The third-order valence-corrected chi connectivity index (χ3v) is 2.01. The molecule has 0 atom stereocenters. The van der Waals surface area contributed by atoms with Crippen molar-refractivity contribution in [2.45, 2.75) is 0 Å². The first-order valence-corrected chi connectivity index (χ1v) is 4.90. The van der Waals surface area contributed by atoms with Crippen LogP contribution in [0.15, 0.2) is 24.3 Å². The van der Waals surface area contributed by atoms with Crippen molar-refractivity contribution in [2.75, 3.05) is 5.88 Å². The van der Waals surface area contributed by atoms with Crippen LogP contribution in [0.1, 0.15) is 15.9 Å². The van der Waals surface area contributed by atoms with E-state index in [1.54, 1.807) is 12.2 Å². The van der Waals surface area contributed by atoms with E-state index >= 15 is 0 Å². The van der Waals surface area contributed by atoms with E-state index in [4.69, 9.17) is 17.3 Å². The summed E-state index contributed by atoms with van der Waals surface area (Å²) in [7, 11) is 0. The highest BCUT2D eigenvalue weighted by atomic mass is 35.5. The van der Waals surface area contributed by atoms with Gasteiger partial charge in [-0.05, 0) is 11.6 Å². The molecule has 0 heterocycles. The number of nitrogens with two attached hydrogens (primary N) is 1. The number of primary amides is 1. The topological polar surface area (TPSA) is 86.2 Å². The second-order valence-corrected chi connectivity index (χ2v) is 3.30. The number of nitro groups is 1. The second-order valence-electron chi connectivity index (χ2n) is 2.99. The molecule has 6 heteroatoms. The molecule has 16 heavy (non-hydrogen) atoms. The van der Waals surface area contributed by atoms with Crippen LogP contribution in [0, 0.1) is 10.1 Å². The fraction of sp³-hybridized carbons (Fsp3) is 0.100. The van der Waals surface area contributed by atoms with Crippen LogP contribution >= 0.6 is 11.6 Å². The first kappa shape index (κ1) is 12.2. The predicted molar refractivity (Wildman–Crippen MR) is 61.4 cm³/mol. The van der Waals surface area contributed by atoms with E-state index in [0.717, 1.165) is 6.07 Å². The number of non-ortho nitro benzene ring substituents is 1. The summed E-state index contributed by atoms with van der Waals surface area (Å²) in [5.74, 6) is -0.418. The van der Waals surface area contributed by atoms with E-state index in [-0.39, 0.29) is 17.1 Å². The van der Waals surface area contributed by atoms with Crippen LogP contribution in [0.2, 0.25) is 0 Å². The second kappa shape index (κ2) is 5.27. The van der Waals surface area contributed by atoms with Gasteiger partial charge < -0.3 is 5.73 Å². The van der Waals surface area contributed by atoms with Gasteiger partial charge in [-0.25, -0.2) is 0 Å². The van der Waals surface area contributed by atoms with Crippen molar-refractivity contribution in [3.8, 4) is 0 Å². The summed E-state index contributed by atoms with van der Waals surface area (Å²) in [5.41, 5.74) is 5.51. The summed E-state index contributed by atoms with van der Waals surface area (Å²) in [4.78, 5) is 21.0. The molecule has 5 nitrogen and oxygen atoms in total. The fourth-order valence-electron chi connectivity index (χ4n) is 1.16. The summed E-state index contributed by atoms with van der Waals surface area (Å²) in [6, 6.07) is 3.95. The molecule has 0 aliphatic rings. The van der Waals surface area contributed by atoms with Crippen molar-refractivity contribution in [3.63, 3.8) is 0 Å². The molecule has 0 fully saturated rings. The maximum atomic E-state index is 11.0. The van der Waals surface area contributed by atoms with Crippen molar-refractivity contribution < 1.29 is 9.72 Å². The number of hydrogen-bond acceptors (Lipinski definition) is 3. The first-order valence-electron chi connectivity index (χ1n) is 4.36. The SMILES string of the molecule is NC(=O)c1cc(C=CCCl)cc([N+](=O)[O-])c1. The number of halogens is 1. The van der Waals surface area contributed by atoms with Crippen molar-refractivity contribution >= 4 is 29.3 Å². The molecular weight excluding hydrogens is 232 g/mol. The van der Waals surface area contributed by atoms with E-state index in [1.165, 1.54) is 12.1 Å². The molecule has 2 N–H and O–H groups in total. The lowest BCUT2D eigenvalue weighted by atomic mass is 10.1. The Morgan fingerprint density at radius 1 is 1.50 bits per heavy atom. The highest BCUT2D eigenvalue weighted by molar-refractivity contribution is 6.19. The zero-order valence-electron chi connectivity index (χ0n) is 8.22. The molecule has 1 rings (SSSR count). The Labute approximate surface area is 96.7 Å². The van der Waals surface area contributed by atoms with Gasteiger partial charge in [0.1, 0.15) is 0 Å². The van der Waals surface area contributed by atoms with Crippen LogP contribution in [0.4, 0.5) is 5.69 Å². The van der Waals surface area contributed by atoms with Crippen LogP contribution in [0.25, 0.3) is 6.08 Å². The average molecular weight is 241 g/mol. The van der Waals surface area contributed by atoms with Crippen LogP contribution < -0.4 is 5.73 Å². The highest BCUT2D eigenvalue weighted by Crippen LogP contribution is 2.18. The van der Waals surface area contributed by atoms with Gasteiger partial charge in [-0.3, -0.25) is 14.9 Å². The van der Waals surface area contributed by atoms with Gasteiger partial charge in [-0.15, -0.1) is 11.6 Å². The molecule has 0 saturated heterocycles. The smallest absolute Gasteiger partial charge is 0.270 e. The summed E-state index contributed by atoms with van der Waals surface area (Å²) in [6.45, 7) is 0. The number of alkyl halides is 1. The van der Waals surface area contributed by atoms with Crippen LogP contribution in [-0.2, 0) is 0 Å². The normalized spacial score (nSPS) is 10.6. The Hall–Kier alpha value is -1.88. The number of carbonyl (C=O) groups excluding carboxylic acids is 1. The molecule has 84 valence electrons. The standard InChI is InChI=1S/C10H9ClN2O3/c11-3-1-2-7-4-8(10(12)14)6-9(5-7)13(15)16/h1-2,4-6H,3H2,(H2,12,14). The van der Waals surface area contributed by atoms with E-state index in [9.17, 15) is 14.9 Å². The zero-order valence-corrected chi connectivity index (χ0v) is 8.98. The first-order chi connectivity index (χ1) is 7.54. The molecule has 0 radical (unpaired) electrons. The van der Waals surface area contributed by atoms with Gasteiger partial charge in [0, 0.05) is 23.6 Å². The van der Waals surface area contributed by atoms with Crippen molar-refractivity contribution in [3.05, 3.63) is 45.5 Å². The molecule has 0 aliphatic heterocycles. The summed E-state index contributed by atoms with van der Waals surface area (Å²) < 4.78 is 0. The molecule has 0 unspecified atom stereocenters. The number of rotatable bonds is 4. The third-order valence-electron chi connectivity index (χ3n) is 1.83. The number of benzene rings is 1. The Bertz CT molecular complexity index is 425. The molecule has 0 spiro atoms. The predicted octanol–water partition coefficient (Wildman–Crippen LogP) is 1.95. The minimum atomic E-state index is -0.704. The third kappa shape index (κ3) is 3.06. The van der Waals surface area contributed by atoms with Crippen molar-refractivity contribution in [1.82, 2.24) is 0 Å². The maximum Gasteiger partial charge on any atom is 0.270 e. The largest absolute Gasteiger partial charge is 0.366 e. The molecule has 0 bridgehead atoms. The Balaban J connectivity index is 3.24. The van der Waals surface area contributed by atoms with E-state index in [2.05, 4.69) is 0 Å². The van der Waals surface area contributed by atoms with E-state index in [1.807, 2.05) is 0 Å². The van der Waals surface area contributed by atoms with Crippen molar-refractivity contribution in [2.24, 2.45) is 5.73 Å². The molecular formula is C10H9ClN2O3. The molecule has 1 amide bonds. The van der Waals surface area contributed by atoms with Gasteiger partial charge in [-0.2, -0.15) is 0 Å². The Morgan fingerprint density at radius 2 is 2.19 bits per heavy atom. The Morgan fingerprint density at radius 3 is 2.69 bits per heavy atom. The lowest BCUT2D eigenvalue weighted by Gasteiger charge is -1.99. The van der Waals surface area contributed by atoms with Crippen molar-refractivity contribution in [1.29, 1.82) is 0 Å². The number of amides is 1. The summed E-state index contributed by atoms with van der Waals surface area (Å²) in [5, 5.41) is 10.6. The minimum absolute atomic E-state index is 0.100. The monoisotopic (exact) mass is 240 g/mol. The number of carbonyl (C=O) groups is 1. The van der Waals surface area contributed by atoms with Gasteiger partial charge in [0.25, 0.3) is 5.69 Å². The van der Waals surface area contributed by atoms with Gasteiger partial charge in [0.2, 0.25) is 5.91 Å². The lowest BCUT2D eigenvalue weighted by molar-refractivity contribution is -0.384. The van der Waals surface area contributed by atoms with Crippen LogP contribution in [0.3, 0.4) is 0 Å².